The highest BCUT2D eigenvalue weighted by Gasteiger charge is 2.36. The lowest BCUT2D eigenvalue weighted by atomic mass is 10.1. The highest BCUT2D eigenvalue weighted by Crippen LogP contribution is 2.37. The number of nitrogens with one attached hydrogen (secondary N) is 2. The van der Waals surface area contributed by atoms with Gasteiger partial charge in [0.15, 0.2) is 0 Å². The van der Waals surface area contributed by atoms with Crippen molar-refractivity contribution in [2.24, 2.45) is 0 Å². The van der Waals surface area contributed by atoms with Crippen LogP contribution in [0.2, 0.25) is 0 Å². The monoisotopic (exact) mass is 363 g/mol. The fourth-order valence-electron chi connectivity index (χ4n) is 4.72. The Balaban J connectivity index is 1.22. The lowest BCUT2D eigenvalue weighted by Crippen LogP contribution is -2.45. The molecule has 5 nitrogen and oxygen atoms in total. The van der Waals surface area contributed by atoms with Gasteiger partial charge in [0.25, 0.3) is 0 Å². The summed E-state index contributed by atoms with van der Waals surface area (Å²) in [5.74, 6) is 0. The molecule has 3 aliphatic rings. The molecule has 2 saturated heterocycles. The van der Waals surface area contributed by atoms with Gasteiger partial charge in [0.2, 0.25) is 0 Å². The van der Waals surface area contributed by atoms with E-state index in [1.807, 2.05) is 6.07 Å². The number of ether oxygens (including phenoxy) is 1. The Hall–Kier alpha value is -2.37. The zero-order valence-electron chi connectivity index (χ0n) is 15.6. The van der Waals surface area contributed by atoms with Crippen molar-refractivity contribution in [1.29, 1.82) is 0 Å². The first-order chi connectivity index (χ1) is 13.2. The van der Waals surface area contributed by atoms with Crippen molar-refractivity contribution in [2.45, 2.75) is 38.0 Å². The topological polar surface area (TPSA) is 53.6 Å². The number of nitrogens with zero attached hydrogens (tertiary/aromatic N) is 1. The maximum absolute atomic E-state index is 12.5. The van der Waals surface area contributed by atoms with Gasteiger partial charge in [-0.05, 0) is 54.2 Å². The van der Waals surface area contributed by atoms with E-state index in [0.29, 0.717) is 6.04 Å². The molecule has 2 N–H and O–H groups in total. The third kappa shape index (κ3) is 3.22. The Morgan fingerprint density at radius 3 is 2.89 bits per heavy atom. The first-order valence-electron chi connectivity index (χ1n) is 9.80. The first kappa shape index (κ1) is 16.8. The van der Waals surface area contributed by atoms with Crippen LogP contribution in [0.1, 0.15) is 24.5 Å². The number of carbonyl (C=O) groups is 1. The Kier molecular flexibility index (Phi) is 4.14. The number of rotatable bonds is 2. The molecule has 0 unspecified atom stereocenters. The second kappa shape index (κ2) is 6.66. The Morgan fingerprint density at radius 2 is 1.96 bits per heavy atom. The van der Waals surface area contributed by atoms with E-state index < -0.39 is 0 Å². The quantitative estimate of drug-likeness (QED) is 0.735. The molecular weight excluding hydrogens is 338 g/mol. The zero-order chi connectivity index (χ0) is 18.4. The number of benzene rings is 2. The van der Waals surface area contributed by atoms with Gasteiger partial charge in [0, 0.05) is 30.9 Å². The second-order valence-corrected chi connectivity index (χ2v) is 7.99. The maximum Gasteiger partial charge on any atom is 0.319 e. The summed E-state index contributed by atoms with van der Waals surface area (Å²) in [7, 11) is 0. The molecule has 2 amide bonds. The smallest absolute Gasteiger partial charge is 0.319 e. The molecule has 1 aliphatic carbocycles. The van der Waals surface area contributed by atoms with Gasteiger partial charge in [0.1, 0.15) is 0 Å². The van der Waals surface area contributed by atoms with Gasteiger partial charge in [0.05, 0.1) is 12.7 Å². The molecule has 2 aromatic rings. The summed E-state index contributed by atoms with van der Waals surface area (Å²) < 4.78 is 5.74. The maximum atomic E-state index is 12.5. The van der Waals surface area contributed by atoms with Crippen LogP contribution in [0.3, 0.4) is 0 Å². The number of anilines is 1. The lowest BCUT2D eigenvalue weighted by molar-refractivity contribution is -0.0390. The fraction of sp³-hybridized carbons (Fsp3) is 0.409. The molecule has 0 aromatic heterocycles. The highest BCUT2D eigenvalue weighted by atomic mass is 16.5. The largest absolute Gasteiger partial charge is 0.376 e. The molecule has 27 heavy (non-hydrogen) atoms. The summed E-state index contributed by atoms with van der Waals surface area (Å²) in [4.78, 5) is 14.9. The van der Waals surface area contributed by atoms with E-state index >= 15 is 0 Å². The molecule has 0 bridgehead atoms. The molecule has 5 rings (SSSR count). The molecule has 0 radical (unpaired) electrons. The number of hydrogen-bond donors (Lipinski definition) is 2. The van der Waals surface area contributed by atoms with Crippen molar-refractivity contribution in [3.05, 3.63) is 53.6 Å². The van der Waals surface area contributed by atoms with Crippen molar-refractivity contribution >= 4 is 11.7 Å². The van der Waals surface area contributed by atoms with E-state index in [2.05, 4.69) is 58.9 Å². The number of morpholine rings is 1. The van der Waals surface area contributed by atoms with Gasteiger partial charge >= 0.3 is 6.03 Å². The highest BCUT2D eigenvalue weighted by molar-refractivity contribution is 5.90. The molecule has 5 heteroatoms. The molecule has 0 saturated carbocycles. The number of fused-ring (bicyclic) bond motifs is 4. The summed E-state index contributed by atoms with van der Waals surface area (Å²) in [5, 5.41) is 6.15. The van der Waals surface area contributed by atoms with Crippen molar-refractivity contribution in [2.75, 3.05) is 25.0 Å². The third-order valence-corrected chi connectivity index (χ3v) is 5.98. The summed E-state index contributed by atoms with van der Waals surface area (Å²) in [6, 6.07) is 15.2. The second-order valence-electron chi connectivity index (χ2n) is 7.99. The van der Waals surface area contributed by atoms with E-state index in [9.17, 15) is 4.79 Å². The van der Waals surface area contributed by atoms with E-state index in [1.165, 1.54) is 22.3 Å². The molecule has 3 atom stereocenters. The van der Waals surface area contributed by atoms with Crippen LogP contribution in [-0.4, -0.2) is 48.8 Å². The molecular formula is C22H25N3O2. The number of hydrogen-bond acceptors (Lipinski definition) is 3. The van der Waals surface area contributed by atoms with Crippen LogP contribution in [0.4, 0.5) is 10.5 Å². The van der Waals surface area contributed by atoms with Gasteiger partial charge in [-0.2, -0.15) is 0 Å². The van der Waals surface area contributed by atoms with Crippen LogP contribution < -0.4 is 10.6 Å². The summed E-state index contributed by atoms with van der Waals surface area (Å²) in [6.45, 7) is 4.74. The first-order valence-corrected chi connectivity index (χ1v) is 9.80. The molecule has 2 aromatic carbocycles. The van der Waals surface area contributed by atoms with Crippen molar-refractivity contribution in [3.8, 4) is 11.1 Å². The number of amides is 2. The summed E-state index contributed by atoms with van der Waals surface area (Å²) in [5.41, 5.74) is 6.07. The Labute approximate surface area is 159 Å². The SMILES string of the molecule is C[C@H]1CN2C[C@H](NC(=O)Nc3ccc4c(c3)Cc3ccccc3-4)C[C@H]2CO1. The third-order valence-electron chi connectivity index (χ3n) is 5.98. The van der Waals surface area contributed by atoms with Gasteiger partial charge in [-0.25, -0.2) is 4.79 Å². The minimum atomic E-state index is -0.121. The van der Waals surface area contributed by atoms with Crippen molar-refractivity contribution < 1.29 is 9.53 Å². The van der Waals surface area contributed by atoms with Crippen LogP contribution in [0.5, 0.6) is 0 Å². The van der Waals surface area contributed by atoms with E-state index in [1.54, 1.807) is 0 Å². The van der Waals surface area contributed by atoms with E-state index in [0.717, 1.165) is 38.2 Å². The van der Waals surface area contributed by atoms with Crippen LogP contribution in [-0.2, 0) is 11.2 Å². The minimum Gasteiger partial charge on any atom is -0.376 e. The molecule has 0 spiro atoms. The van der Waals surface area contributed by atoms with E-state index in [-0.39, 0.29) is 18.2 Å². The number of carbonyl (C=O) groups excluding carboxylic acids is 1. The minimum absolute atomic E-state index is 0.121. The van der Waals surface area contributed by atoms with Gasteiger partial charge in [-0.3, -0.25) is 4.90 Å². The van der Waals surface area contributed by atoms with Gasteiger partial charge in [-0.1, -0.05) is 30.3 Å². The van der Waals surface area contributed by atoms with Crippen molar-refractivity contribution in [1.82, 2.24) is 10.2 Å². The predicted octanol–water partition coefficient (Wildman–Crippen LogP) is 3.24. The molecule has 2 heterocycles. The summed E-state index contributed by atoms with van der Waals surface area (Å²) >= 11 is 0. The lowest BCUT2D eigenvalue weighted by Gasteiger charge is -2.33. The predicted molar refractivity (Wildman–Crippen MR) is 106 cm³/mol. The van der Waals surface area contributed by atoms with Gasteiger partial charge < -0.3 is 15.4 Å². The van der Waals surface area contributed by atoms with Crippen LogP contribution in [0.25, 0.3) is 11.1 Å². The molecule has 140 valence electrons. The standard InChI is InChI=1S/C22H25N3O2/c1-14-11-25-12-18(10-19(25)13-27-14)24-22(26)23-17-6-7-21-16(9-17)8-15-4-2-3-5-20(15)21/h2-7,9,14,18-19H,8,10-13H2,1H3,(H2,23,24,26)/t14-,18+,19-/m0/s1. The summed E-state index contributed by atoms with van der Waals surface area (Å²) in [6.07, 6.45) is 2.17. The molecule has 2 aliphatic heterocycles. The zero-order valence-corrected chi connectivity index (χ0v) is 15.6. The van der Waals surface area contributed by atoms with Crippen LogP contribution in [0, 0.1) is 0 Å². The fourth-order valence-corrected chi connectivity index (χ4v) is 4.72. The van der Waals surface area contributed by atoms with Crippen molar-refractivity contribution in [3.63, 3.8) is 0 Å². The Bertz CT molecular complexity index is 882. The van der Waals surface area contributed by atoms with Crippen LogP contribution in [0.15, 0.2) is 42.5 Å². The average Bonchev–Trinajstić information content (AvgIpc) is 3.20. The van der Waals surface area contributed by atoms with Crippen LogP contribution >= 0.6 is 0 Å². The van der Waals surface area contributed by atoms with E-state index in [4.69, 9.17) is 4.74 Å². The molecule has 2 fully saturated rings. The Morgan fingerprint density at radius 1 is 1.11 bits per heavy atom. The average molecular weight is 363 g/mol. The normalized spacial score (nSPS) is 26.2. The number of urea groups is 1. The van der Waals surface area contributed by atoms with Gasteiger partial charge in [-0.15, -0.1) is 0 Å².